The quantitative estimate of drug-likeness (QED) is 0.807. The number of aromatic nitrogens is 1. The molecule has 5 nitrogen and oxygen atoms in total. The van der Waals surface area contributed by atoms with Crippen LogP contribution in [0.25, 0.3) is 0 Å². The summed E-state index contributed by atoms with van der Waals surface area (Å²) in [6.07, 6.45) is 5.11. The van der Waals surface area contributed by atoms with Crippen LogP contribution in [0.2, 0.25) is 0 Å². The Kier molecular flexibility index (Phi) is 5.99. The fourth-order valence-corrected chi connectivity index (χ4v) is 2.82. The summed E-state index contributed by atoms with van der Waals surface area (Å²) in [7, 11) is 0. The van der Waals surface area contributed by atoms with Gasteiger partial charge in [-0.2, -0.15) is 0 Å². The molecule has 1 unspecified atom stereocenters. The van der Waals surface area contributed by atoms with E-state index >= 15 is 0 Å². The molecule has 1 saturated heterocycles. The predicted octanol–water partition coefficient (Wildman–Crippen LogP) is 2.12. The van der Waals surface area contributed by atoms with E-state index < -0.39 is 0 Å². The highest BCUT2D eigenvalue weighted by atomic mass is 16.1. The molecule has 2 rings (SSSR count). The lowest BCUT2D eigenvalue weighted by atomic mass is 10.2. The molecule has 21 heavy (non-hydrogen) atoms. The molecule has 1 aromatic heterocycles. The number of nitrogens with zero attached hydrogens (tertiary/aromatic N) is 2. The van der Waals surface area contributed by atoms with Gasteiger partial charge >= 0.3 is 0 Å². The Hall–Kier alpha value is -1.62. The number of hydrogen-bond donors (Lipinski definition) is 2. The van der Waals surface area contributed by atoms with Gasteiger partial charge in [-0.3, -0.25) is 9.69 Å². The van der Waals surface area contributed by atoms with E-state index in [1.165, 1.54) is 12.8 Å². The number of carbonyl (C=O) groups is 1. The Bertz CT molecular complexity index is 463. The van der Waals surface area contributed by atoms with Crippen molar-refractivity contribution in [2.75, 3.05) is 31.5 Å². The summed E-state index contributed by atoms with van der Waals surface area (Å²) >= 11 is 0. The van der Waals surface area contributed by atoms with Gasteiger partial charge in [-0.25, -0.2) is 4.98 Å². The van der Waals surface area contributed by atoms with E-state index in [1.54, 1.807) is 12.3 Å². The van der Waals surface area contributed by atoms with E-state index in [9.17, 15) is 4.79 Å². The topological polar surface area (TPSA) is 57.3 Å². The first-order valence-electron chi connectivity index (χ1n) is 7.97. The van der Waals surface area contributed by atoms with Crippen LogP contribution in [-0.2, 0) is 0 Å². The summed E-state index contributed by atoms with van der Waals surface area (Å²) in [5.74, 6) is 0.639. The van der Waals surface area contributed by atoms with Gasteiger partial charge in [-0.05, 0) is 44.5 Å². The Morgan fingerprint density at radius 2 is 2.33 bits per heavy atom. The summed E-state index contributed by atoms with van der Waals surface area (Å²) in [5, 5.41) is 6.27. The molecular formula is C16H26N4O. The molecule has 1 atom stereocenters. The lowest BCUT2D eigenvalue weighted by Crippen LogP contribution is -2.40. The molecule has 1 aliphatic heterocycles. The van der Waals surface area contributed by atoms with Gasteiger partial charge in [0.1, 0.15) is 5.82 Å². The maximum absolute atomic E-state index is 12.4. The zero-order valence-electron chi connectivity index (χ0n) is 13.1. The van der Waals surface area contributed by atoms with Crippen LogP contribution in [-0.4, -0.2) is 48.0 Å². The Balaban J connectivity index is 1.94. The summed E-state index contributed by atoms with van der Waals surface area (Å²) in [6, 6.07) is 4.11. The van der Waals surface area contributed by atoms with Crippen LogP contribution < -0.4 is 10.6 Å². The molecule has 5 heteroatoms. The first-order valence-corrected chi connectivity index (χ1v) is 7.97. The molecule has 0 saturated carbocycles. The minimum Gasteiger partial charge on any atom is -0.369 e. The van der Waals surface area contributed by atoms with Crippen molar-refractivity contribution in [1.82, 2.24) is 15.2 Å². The second-order valence-electron chi connectivity index (χ2n) is 5.46. The molecule has 116 valence electrons. The van der Waals surface area contributed by atoms with Gasteiger partial charge in [0, 0.05) is 25.3 Å². The molecule has 2 heterocycles. The monoisotopic (exact) mass is 290 g/mol. The highest BCUT2D eigenvalue weighted by Crippen LogP contribution is 2.16. The number of hydrogen-bond acceptors (Lipinski definition) is 4. The van der Waals surface area contributed by atoms with Crippen molar-refractivity contribution >= 4 is 11.7 Å². The van der Waals surface area contributed by atoms with Crippen molar-refractivity contribution in [1.29, 1.82) is 0 Å². The molecule has 0 bridgehead atoms. The Morgan fingerprint density at radius 1 is 1.48 bits per heavy atom. The molecule has 0 aliphatic carbocycles. The van der Waals surface area contributed by atoms with Crippen molar-refractivity contribution < 1.29 is 4.79 Å². The average molecular weight is 290 g/mol. The summed E-state index contributed by atoms with van der Waals surface area (Å²) < 4.78 is 0. The molecule has 1 aromatic rings. The van der Waals surface area contributed by atoms with Crippen molar-refractivity contribution in [3.8, 4) is 0 Å². The van der Waals surface area contributed by atoms with Crippen LogP contribution in [0.15, 0.2) is 18.3 Å². The predicted molar refractivity (Wildman–Crippen MR) is 85.6 cm³/mol. The van der Waals surface area contributed by atoms with Crippen LogP contribution in [0.3, 0.4) is 0 Å². The van der Waals surface area contributed by atoms with Gasteiger partial charge in [-0.15, -0.1) is 0 Å². The minimum absolute atomic E-state index is 0.0374. The highest BCUT2D eigenvalue weighted by Gasteiger charge is 2.23. The minimum atomic E-state index is -0.0374. The summed E-state index contributed by atoms with van der Waals surface area (Å²) in [5.41, 5.74) is 0.631. The third kappa shape index (κ3) is 4.17. The van der Waals surface area contributed by atoms with Crippen molar-refractivity contribution in [2.45, 2.75) is 39.2 Å². The fourth-order valence-electron chi connectivity index (χ4n) is 2.82. The number of nitrogens with one attached hydrogen (secondary N) is 2. The standard InChI is InChI=1S/C16H26N4O/c1-3-9-17-15-14(8-5-10-18-15)16(21)19-12-13-7-6-11-20(13)4-2/h5,8,10,13H,3-4,6-7,9,11-12H2,1-2H3,(H,17,18)(H,19,21). The molecule has 1 aliphatic rings. The zero-order valence-corrected chi connectivity index (χ0v) is 13.1. The molecule has 2 N–H and O–H groups in total. The third-order valence-corrected chi connectivity index (χ3v) is 4.00. The average Bonchev–Trinajstić information content (AvgIpc) is 2.98. The van der Waals surface area contributed by atoms with E-state index in [2.05, 4.69) is 34.4 Å². The van der Waals surface area contributed by atoms with E-state index in [0.29, 0.717) is 17.4 Å². The lowest BCUT2D eigenvalue weighted by Gasteiger charge is -2.23. The van der Waals surface area contributed by atoms with Crippen molar-refractivity contribution in [2.24, 2.45) is 0 Å². The van der Waals surface area contributed by atoms with Crippen LogP contribution in [0, 0.1) is 0 Å². The molecule has 0 spiro atoms. The Labute approximate surface area is 127 Å². The molecular weight excluding hydrogens is 264 g/mol. The van der Waals surface area contributed by atoms with Crippen LogP contribution in [0.1, 0.15) is 43.5 Å². The smallest absolute Gasteiger partial charge is 0.255 e. The Morgan fingerprint density at radius 3 is 3.10 bits per heavy atom. The fraction of sp³-hybridized carbons (Fsp3) is 0.625. The van der Waals surface area contributed by atoms with E-state index in [-0.39, 0.29) is 5.91 Å². The summed E-state index contributed by atoms with van der Waals surface area (Å²) in [4.78, 5) is 19.1. The maximum Gasteiger partial charge on any atom is 0.255 e. The van der Waals surface area contributed by atoms with Gasteiger partial charge in [0.15, 0.2) is 0 Å². The number of likely N-dealkylation sites (tertiary alicyclic amines) is 1. The van der Waals surface area contributed by atoms with Crippen LogP contribution in [0.4, 0.5) is 5.82 Å². The van der Waals surface area contributed by atoms with E-state index in [0.717, 1.165) is 32.6 Å². The second kappa shape index (κ2) is 7.98. The maximum atomic E-state index is 12.4. The van der Waals surface area contributed by atoms with Gasteiger partial charge in [0.25, 0.3) is 5.91 Å². The third-order valence-electron chi connectivity index (χ3n) is 4.00. The summed E-state index contributed by atoms with van der Waals surface area (Å²) in [6.45, 7) is 8.01. The normalized spacial score (nSPS) is 18.7. The molecule has 0 aromatic carbocycles. The van der Waals surface area contributed by atoms with Crippen molar-refractivity contribution in [3.63, 3.8) is 0 Å². The van der Waals surface area contributed by atoms with E-state index in [4.69, 9.17) is 0 Å². The number of likely N-dealkylation sites (N-methyl/N-ethyl adjacent to an activating group) is 1. The lowest BCUT2D eigenvalue weighted by molar-refractivity contribution is 0.0942. The zero-order chi connectivity index (χ0) is 15.1. The molecule has 1 amide bonds. The van der Waals surface area contributed by atoms with Crippen LogP contribution in [0.5, 0.6) is 0 Å². The van der Waals surface area contributed by atoms with E-state index in [1.807, 2.05) is 6.07 Å². The largest absolute Gasteiger partial charge is 0.369 e. The van der Waals surface area contributed by atoms with Gasteiger partial charge in [0.05, 0.1) is 5.56 Å². The highest BCUT2D eigenvalue weighted by molar-refractivity contribution is 5.98. The first-order chi connectivity index (χ1) is 10.3. The number of pyridine rings is 1. The second-order valence-corrected chi connectivity index (χ2v) is 5.46. The van der Waals surface area contributed by atoms with Gasteiger partial charge < -0.3 is 10.6 Å². The number of rotatable bonds is 7. The molecule has 0 radical (unpaired) electrons. The van der Waals surface area contributed by atoms with Crippen LogP contribution >= 0.6 is 0 Å². The number of anilines is 1. The molecule has 1 fully saturated rings. The number of amides is 1. The number of carbonyl (C=O) groups excluding carboxylic acids is 1. The van der Waals surface area contributed by atoms with Crippen molar-refractivity contribution in [3.05, 3.63) is 23.9 Å². The van der Waals surface area contributed by atoms with Gasteiger partial charge in [-0.1, -0.05) is 13.8 Å². The van der Waals surface area contributed by atoms with Gasteiger partial charge in [0.2, 0.25) is 0 Å². The SMILES string of the molecule is CCCNc1ncccc1C(=O)NCC1CCCN1CC. The first kappa shape index (κ1) is 15.8.